The zero-order valence-electron chi connectivity index (χ0n) is 7.51. The van der Waals surface area contributed by atoms with Crippen LogP contribution in [-0.2, 0) is 9.47 Å². The molecule has 0 N–H and O–H groups in total. The molecule has 0 aromatic carbocycles. The van der Waals surface area contributed by atoms with Crippen LogP contribution in [0.1, 0.15) is 26.2 Å². The predicted molar refractivity (Wildman–Crippen MR) is 46.5 cm³/mol. The first-order valence-electron chi connectivity index (χ1n) is 4.06. The van der Waals surface area contributed by atoms with E-state index >= 15 is 0 Å². The molecule has 0 fully saturated rings. The minimum Gasteiger partial charge on any atom is -0.359 e. The molecule has 2 heteroatoms. The normalized spacial score (nSPS) is 12.9. The van der Waals surface area contributed by atoms with E-state index in [9.17, 15) is 0 Å². The number of rotatable bonds is 7. The third kappa shape index (κ3) is 6.07. The van der Waals surface area contributed by atoms with Crippen molar-refractivity contribution in [2.24, 2.45) is 0 Å². The summed E-state index contributed by atoms with van der Waals surface area (Å²) in [6.07, 6.45) is 5.31. The molecule has 2 nitrogen and oxygen atoms in total. The minimum atomic E-state index is 0.289. The van der Waals surface area contributed by atoms with Crippen LogP contribution < -0.4 is 0 Å². The van der Waals surface area contributed by atoms with Gasteiger partial charge in [0, 0.05) is 7.11 Å². The molecule has 0 saturated heterocycles. The van der Waals surface area contributed by atoms with Crippen molar-refractivity contribution in [3.8, 4) is 0 Å². The Balaban J connectivity index is 3.41. The summed E-state index contributed by atoms with van der Waals surface area (Å²) < 4.78 is 10.2. The number of methoxy groups -OCH3 is 1. The molecule has 0 bridgehead atoms. The van der Waals surface area contributed by atoms with Gasteiger partial charge in [-0.1, -0.05) is 19.4 Å². The molecule has 66 valence electrons. The van der Waals surface area contributed by atoms with Crippen LogP contribution in [0.25, 0.3) is 0 Å². The Kier molecular flexibility index (Phi) is 7.52. The fourth-order valence-electron chi connectivity index (χ4n) is 0.941. The van der Waals surface area contributed by atoms with Gasteiger partial charge < -0.3 is 9.47 Å². The van der Waals surface area contributed by atoms with Crippen LogP contribution in [0.15, 0.2) is 12.7 Å². The molecule has 0 saturated carbocycles. The Bertz CT molecular complexity index is 91.6. The van der Waals surface area contributed by atoms with Gasteiger partial charge in [-0.25, -0.2) is 0 Å². The molecule has 1 atom stereocenters. The number of hydrogen-bond donors (Lipinski definition) is 0. The lowest BCUT2D eigenvalue weighted by molar-refractivity contribution is -0.0728. The summed E-state index contributed by atoms with van der Waals surface area (Å²) in [6.45, 7) is 6.20. The zero-order chi connectivity index (χ0) is 8.53. The second-order valence-electron chi connectivity index (χ2n) is 2.51. The van der Waals surface area contributed by atoms with Crippen molar-refractivity contribution in [1.82, 2.24) is 0 Å². The Morgan fingerprint density at radius 3 is 2.73 bits per heavy atom. The van der Waals surface area contributed by atoms with Crippen molar-refractivity contribution in [1.29, 1.82) is 0 Å². The summed E-state index contributed by atoms with van der Waals surface area (Å²) in [5.41, 5.74) is 0. The van der Waals surface area contributed by atoms with E-state index in [0.717, 1.165) is 19.3 Å². The van der Waals surface area contributed by atoms with Crippen LogP contribution in [0, 0.1) is 0 Å². The second kappa shape index (κ2) is 7.76. The molecule has 11 heavy (non-hydrogen) atoms. The Morgan fingerprint density at radius 1 is 1.55 bits per heavy atom. The van der Waals surface area contributed by atoms with Gasteiger partial charge in [0.25, 0.3) is 0 Å². The molecular weight excluding hydrogens is 140 g/mol. The van der Waals surface area contributed by atoms with E-state index in [1.807, 2.05) is 6.08 Å². The summed E-state index contributed by atoms with van der Waals surface area (Å²) in [7, 11) is 1.64. The molecule has 0 radical (unpaired) electrons. The fraction of sp³-hybridized carbons (Fsp3) is 0.778. The average molecular weight is 158 g/mol. The van der Waals surface area contributed by atoms with Gasteiger partial charge in [-0.05, 0) is 12.8 Å². The molecule has 0 aromatic heterocycles. The van der Waals surface area contributed by atoms with Crippen LogP contribution in [-0.4, -0.2) is 20.0 Å². The fourth-order valence-corrected chi connectivity index (χ4v) is 0.941. The van der Waals surface area contributed by atoms with Crippen LogP contribution in [0.5, 0.6) is 0 Å². The van der Waals surface area contributed by atoms with Gasteiger partial charge in [0.15, 0.2) is 0 Å². The quantitative estimate of drug-likeness (QED) is 0.418. The lowest BCUT2D eigenvalue weighted by Gasteiger charge is -2.13. The van der Waals surface area contributed by atoms with Gasteiger partial charge in [-0.15, -0.1) is 6.58 Å². The molecule has 0 aliphatic rings. The summed E-state index contributed by atoms with van der Waals surface area (Å²) in [6, 6.07) is 0. The first-order valence-corrected chi connectivity index (χ1v) is 4.06. The molecule has 0 aliphatic carbocycles. The maximum absolute atomic E-state index is 5.38. The van der Waals surface area contributed by atoms with Crippen molar-refractivity contribution < 1.29 is 9.47 Å². The van der Waals surface area contributed by atoms with Crippen LogP contribution >= 0.6 is 0 Å². The van der Waals surface area contributed by atoms with E-state index in [1.54, 1.807) is 7.11 Å². The average Bonchev–Trinajstić information content (AvgIpc) is 2.01. The van der Waals surface area contributed by atoms with Crippen molar-refractivity contribution in [3.05, 3.63) is 12.7 Å². The van der Waals surface area contributed by atoms with Gasteiger partial charge in [-0.3, -0.25) is 0 Å². The summed E-state index contributed by atoms with van der Waals surface area (Å²) in [5, 5.41) is 0. The highest BCUT2D eigenvalue weighted by molar-refractivity contribution is 4.72. The first-order chi connectivity index (χ1) is 5.35. The number of hydrogen-bond acceptors (Lipinski definition) is 2. The van der Waals surface area contributed by atoms with Gasteiger partial charge in [0.2, 0.25) is 0 Å². The molecule has 0 spiro atoms. The van der Waals surface area contributed by atoms with Gasteiger partial charge in [-0.2, -0.15) is 0 Å². The molecule has 1 unspecified atom stereocenters. The van der Waals surface area contributed by atoms with Gasteiger partial charge in [0.05, 0.1) is 6.10 Å². The van der Waals surface area contributed by atoms with Gasteiger partial charge in [0.1, 0.15) is 6.79 Å². The van der Waals surface area contributed by atoms with Crippen LogP contribution in [0.4, 0.5) is 0 Å². The lowest BCUT2D eigenvalue weighted by atomic mass is 10.1. The van der Waals surface area contributed by atoms with E-state index < -0.39 is 0 Å². The molecule has 0 amide bonds. The molecule has 0 aliphatic heterocycles. The monoisotopic (exact) mass is 158 g/mol. The highest BCUT2D eigenvalue weighted by atomic mass is 16.7. The summed E-state index contributed by atoms with van der Waals surface area (Å²) >= 11 is 0. The van der Waals surface area contributed by atoms with E-state index in [-0.39, 0.29) is 6.10 Å². The third-order valence-corrected chi connectivity index (χ3v) is 1.46. The third-order valence-electron chi connectivity index (χ3n) is 1.46. The van der Waals surface area contributed by atoms with E-state index in [4.69, 9.17) is 9.47 Å². The van der Waals surface area contributed by atoms with Crippen molar-refractivity contribution in [3.63, 3.8) is 0 Å². The smallest absolute Gasteiger partial charge is 0.146 e. The highest BCUT2D eigenvalue weighted by Crippen LogP contribution is 2.06. The molecule has 0 rings (SSSR count). The van der Waals surface area contributed by atoms with Crippen LogP contribution in [0.3, 0.4) is 0 Å². The van der Waals surface area contributed by atoms with E-state index in [0.29, 0.717) is 6.79 Å². The SMILES string of the molecule is C=CCC(CCC)OCOC. The van der Waals surface area contributed by atoms with Gasteiger partial charge >= 0.3 is 0 Å². The maximum atomic E-state index is 5.38. The Morgan fingerprint density at radius 2 is 2.27 bits per heavy atom. The predicted octanol–water partition coefficient (Wildman–Crippen LogP) is 2.35. The second-order valence-corrected chi connectivity index (χ2v) is 2.51. The summed E-state index contributed by atoms with van der Waals surface area (Å²) in [4.78, 5) is 0. The molecular formula is C9H18O2. The largest absolute Gasteiger partial charge is 0.359 e. The maximum Gasteiger partial charge on any atom is 0.146 e. The van der Waals surface area contributed by atoms with Crippen molar-refractivity contribution in [2.75, 3.05) is 13.9 Å². The topological polar surface area (TPSA) is 18.5 Å². The standard InChI is InChI=1S/C9H18O2/c1-4-6-9(7-5-2)11-8-10-3/h4,9H,1,5-8H2,2-3H3. The zero-order valence-corrected chi connectivity index (χ0v) is 7.51. The Hall–Kier alpha value is -0.340. The lowest BCUT2D eigenvalue weighted by Crippen LogP contribution is -2.13. The number of ether oxygens (including phenoxy) is 2. The van der Waals surface area contributed by atoms with Crippen molar-refractivity contribution in [2.45, 2.75) is 32.3 Å². The highest BCUT2D eigenvalue weighted by Gasteiger charge is 2.04. The summed E-state index contributed by atoms with van der Waals surface area (Å²) in [5.74, 6) is 0. The Labute approximate surface area is 69.2 Å². The molecule has 0 heterocycles. The van der Waals surface area contributed by atoms with Crippen molar-refractivity contribution >= 4 is 0 Å². The minimum absolute atomic E-state index is 0.289. The molecule has 0 aromatic rings. The van der Waals surface area contributed by atoms with Crippen LogP contribution in [0.2, 0.25) is 0 Å². The van der Waals surface area contributed by atoms with E-state index in [2.05, 4.69) is 13.5 Å². The first kappa shape index (κ1) is 10.7. The van der Waals surface area contributed by atoms with E-state index in [1.165, 1.54) is 0 Å².